The average molecular weight is 384 g/mol. The van der Waals surface area contributed by atoms with Crippen LogP contribution >= 0.6 is 23.5 Å². The molecule has 2 aliphatic heterocycles. The second-order valence-corrected chi connectivity index (χ2v) is 7.84. The minimum Gasteiger partial charge on any atom is -0.453 e. The van der Waals surface area contributed by atoms with Crippen molar-refractivity contribution in [1.29, 1.82) is 0 Å². The van der Waals surface area contributed by atoms with Crippen molar-refractivity contribution in [3.8, 4) is 0 Å². The lowest BCUT2D eigenvalue weighted by Crippen LogP contribution is -2.60. The van der Waals surface area contributed by atoms with Crippen LogP contribution in [0.2, 0.25) is 0 Å². The molecule has 1 aromatic rings. The summed E-state index contributed by atoms with van der Waals surface area (Å²) in [6.07, 6.45) is 0.746. The highest BCUT2D eigenvalue weighted by molar-refractivity contribution is 8.06. The topological polar surface area (TPSA) is 125 Å². The third kappa shape index (κ3) is 3.44. The number of amides is 1. The fraction of sp³-hybridized carbons (Fsp3) is 0.500. The quantitative estimate of drug-likeness (QED) is 0.384. The van der Waals surface area contributed by atoms with Crippen LogP contribution in [0.4, 0.5) is 0 Å². The van der Waals surface area contributed by atoms with Gasteiger partial charge in [-0.25, -0.2) is 4.79 Å². The van der Waals surface area contributed by atoms with Crippen LogP contribution < -0.4 is 0 Å². The summed E-state index contributed by atoms with van der Waals surface area (Å²) in [5, 5.41) is 20.3. The van der Waals surface area contributed by atoms with Crippen LogP contribution in [0.1, 0.15) is 13.8 Å². The van der Waals surface area contributed by atoms with E-state index in [1.165, 1.54) is 35.3 Å². The van der Waals surface area contributed by atoms with Crippen LogP contribution in [-0.4, -0.2) is 66.9 Å². The molecule has 3 rings (SSSR count). The van der Waals surface area contributed by atoms with E-state index in [0.29, 0.717) is 15.7 Å². The molecule has 11 heteroatoms. The first-order chi connectivity index (χ1) is 11.9. The fourth-order valence-electron chi connectivity index (χ4n) is 2.58. The molecule has 2 N–H and O–H groups in total. The van der Waals surface area contributed by atoms with Crippen molar-refractivity contribution in [3.05, 3.63) is 16.8 Å². The Morgan fingerprint density at radius 1 is 1.56 bits per heavy atom. The zero-order chi connectivity index (χ0) is 18.1. The number of aromatic amines is 1. The summed E-state index contributed by atoms with van der Waals surface area (Å²) in [6, 6.07) is 0. The van der Waals surface area contributed by atoms with Gasteiger partial charge in [-0.2, -0.15) is 10.3 Å². The van der Waals surface area contributed by atoms with Gasteiger partial charge in [0.05, 0.1) is 18.2 Å². The summed E-state index contributed by atoms with van der Waals surface area (Å²) in [5.41, 5.74) is 0.147. The Morgan fingerprint density at radius 3 is 2.92 bits per heavy atom. The highest BCUT2D eigenvalue weighted by Crippen LogP contribution is 2.51. The Kier molecular flexibility index (Phi) is 5.16. The van der Waals surface area contributed by atoms with Crippen molar-refractivity contribution in [2.75, 3.05) is 12.4 Å². The second kappa shape index (κ2) is 7.18. The smallest absolute Gasteiger partial charge is 0.356 e. The van der Waals surface area contributed by atoms with Crippen LogP contribution in [0.15, 0.2) is 21.8 Å². The van der Waals surface area contributed by atoms with Gasteiger partial charge < -0.3 is 9.84 Å². The molecule has 3 atom stereocenters. The number of thioether (sulfide) groups is 2. The Bertz CT molecular complexity index is 734. The highest BCUT2D eigenvalue weighted by atomic mass is 32.2. The number of hydrogen-bond acceptors (Lipinski definition) is 9. The summed E-state index contributed by atoms with van der Waals surface area (Å²) in [4.78, 5) is 37.8. The van der Waals surface area contributed by atoms with Gasteiger partial charge in [0.2, 0.25) is 5.91 Å². The van der Waals surface area contributed by atoms with Crippen molar-refractivity contribution in [3.63, 3.8) is 0 Å². The number of esters is 1. The van der Waals surface area contributed by atoms with E-state index in [4.69, 9.17) is 4.74 Å². The van der Waals surface area contributed by atoms with E-state index in [9.17, 15) is 19.5 Å². The number of hydrogen-bond donors (Lipinski definition) is 2. The molecule has 0 aromatic carbocycles. The highest BCUT2D eigenvalue weighted by Gasteiger charge is 2.57. The maximum atomic E-state index is 12.4. The molecule has 1 unspecified atom stereocenters. The van der Waals surface area contributed by atoms with Gasteiger partial charge >= 0.3 is 5.97 Å². The molecule has 0 radical (unpaired) electrons. The van der Waals surface area contributed by atoms with Gasteiger partial charge in [0, 0.05) is 10.7 Å². The molecule has 0 spiro atoms. The fourth-order valence-corrected chi connectivity index (χ4v) is 5.07. The Balaban J connectivity index is 1.80. The van der Waals surface area contributed by atoms with E-state index < -0.39 is 18.0 Å². The number of Topliss-reactive ketones (excluding diaryl/α,β-unsaturated/α-hetero) is 1. The number of rotatable bonds is 7. The van der Waals surface area contributed by atoms with Gasteiger partial charge in [-0.1, -0.05) is 11.8 Å². The van der Waals surface area contributed by atoms with E-state index >= 15 is 0 Å². The lowest BCUT2D eigenvalue weighted by molar-refractivity contribution is -0.158. The summed E-state index contributed by atoms with van der Waals surface area (Å²) in [7, 11) is 0. The summed E-state index contributed by atoms with van der Waals surface area (Å²) in [5.74, 6) is -1.47. The number of aliphatic hydroxyl groups excluding tert-OH is 1. The average Bonchev–Trinajstić information content (AvgIpc) is 3.15. The predicted octanol–water partition coefficient (Wildman–Crippen LogP) is 0.153. The number of carbonyl (C=O) groups is 3. The first-order valence-electron chi connectivity index (χ1n) is 7.46. The van der Waals surface area contributed by atoms with Crippen LogP contribution in [0.5, 0.6) is 0 Å². The normalized spacial score (nSPS) is 23.3. The van der Waals surface area contributed by atoms with E-state index in [1.54, 1.807) is 13.1 Å². The molecular weight excluding hydrogens is 368 g/mol. The maximum absolute atomic E-state index is 12.4. The third-order valence-corrected chi connectivity index (χ3v) is 6.19. The van der Waals surface area contributed by atoms with Crippen LogP contribution in [0.3, 0.4) is 0 Å². The number of nitrogens with zero attached hydrogens (tertiary/aromatic N) is 3. The number of H-pyrrole nitrogens is 1. The number of aromatic nitrogens is 3. The largest absolute Gasteiger partial charge is 0.453 e. The van der Waals surface area contributed by atoms with Crippen molar-refractivity contribution >= 4 is 41.2 Å². The zero-order valence-corrected chi connectivity index (χ0v) is 15.1. The van der Waals surface area contributed by atoms with Gasteiger partial charge in [-0.05, 0) is 13.8 Å². The molecule has 1 saturated heterocycles. The number of β-lactam (4-membered cyclic amide) rings is 1. The van der Waals surface area contributed by atoms with Gasteiger partial charge in [0.25, 0.3) is 0 Å². The van der Waals surface area contributed by atoms with E-state index in [0.717, 1.165) is 0 Å². The van der Waals surface area contributed by atoms with Crippen LogP contribution in [-0.2, 0) is 19.1 Å². The minimum absolute atomic E-state index is 0.147. The number of nitrogens with one attached hydrogen (secondary N) is 1. The monoisotopic (exact) mass is 384 g/mol. The molecule has 3 heterocycles. The summed E-state index contributed by atoms with van der Waals surface area (Å²) in [6.45, 7) is 2.52. The molecule has 25 heavy (non-hydrogen) atoms. The molecule has 1 amide bonds. The van der Waals surface area contributed by atoms with Crippen LogP contribution in [0.25, 0.3) is 0 Å². The zero-order valence-electron chi connectivity index (χ0n) is 13.5. The number of ether oxygens (including phenoxy) is 1. The molecule has 0 bridgehead atoms. The van der Waals surface area contributed by atoms with Crippen molar-refractivity contribution in [2.45, 2.75) is 30.4 Å². The Hall–Kier alpha value is -1.85. The molecular formula is C14H16N4O5S2. The SMILES string of the molecule is CC(=O)COC(=O)C1=C(CSc2cn[nH]n2)S[C@@H]2[C@@H](C(C)O)C(=O)N12. The molecule has 1 fully saturated rings. The number of ketones is 1. The number of fused-ring (bicyclic) bond motifs is 1. The lowest BCUT2D eigenvalue weighted by Gasteiger charge is -2.43. The molecule has 9 nitrogen and oxygen atoms in total. The van der Waals surface area contributed by atoms with Crippen molar-refractivity contribution in [2.24, 2.45) is 5.92 Å². The first kappa shape index (κ1) is 18.0. The molecule has 0 saturated carbocycles. The predicted molar refractivity (Wildman–Crippen MR) is 89.2 cm³/mol. The van der Waals surface area contributed by atoms with Crippen molar-refractivity contribution in [1.82, 2.24) is 20.3 Å². The van der Waals surface area contributed by atoms with Gasteiger partial charge in [0.1, 0.15) is 22.7 Å². The van der Waals surface area contributed by atoms with Crippen LogP contribution in [0, 0.1) is 5.92 Å². The van der Waals surface area contributed by atoms with Gasteiger partial charge in [0.15, 0.2) is 5.78 Å². The van der Waals surface area contributed by atoms with E-state index in [-0.39, 0.29) is 29.4 Å². The number of carbonyl (C=O) groups excluding carboxylic acids is 3. The summed E-state index contributed by atoms with van der Waals surface area (Å²) >= 11 is 2.71. The molecule has 2 aliphatic rings. The molecule has 134 valence electrons. The summed E-state index contributed by atoms with van der Waals surface area (Å²) < 4.78 is 4.99. The molecule has 0 aliphatic carbocycles. The molecule has 1 aromatic heterocycles. The van der Waals surface area contributed by atoms with Crippen molar-refractivity contribution < 1.29 is 24.2 Å². The standard InChI is InChI=1S/C14H16N4O5S2/c1-6(19)4-23-14(22)11-8(5-24-9-3-15-17-16-9)25-13-10(7(2)20)12(21)18(11)13/h3,7,10,13,20H,4-5H2,1-2H3,(H,15,16,17)/t7?,10-,13+/m0/s1. The van der Waals surface area contributed by atoms with E-state index in [1.807, 2.05) is 0 Å². The van der Waals surface area contributed by atoms with Gasteiger partial charge in [-0.3, -0.25) is 14.5 Å². The lowest BCUT2D eigenvalue weighted by atomic mass is 9.92. The second-order valence-electron chi connectivity index (χ2n) is 5.63. The first-order valence-corrected chi connectivity index (χ1v) is 9.32. The minimum atomic E-state index is -0.807. The Labute approximate surface area is 151 Å². The maximum Gasteiger partial charge on any atom is 0.356 e. The van der Waals surface area contributed by atoms with E-state index in [2.05, 4.69) is 15.4 Å². The van der Waals surface area contributed by atoms with Gasteiger partial charge in [-0.15, -0.1) is 16.9 Å². The Morgan fingerprint density at radius 2 is 2.32 bits per heavy atom. The number of aliphatic hydroxyl groups is 1. The third-order valence-electron chi connectivity index (χ3n) is 3.72.